The van der Waals surface area contributed by atoms with Crippen LogP contribution in [0.5, 0.6) is 0 Å². The Morgan fingerprint density at radius 2 is 1.71 bits per heavy atom. The summed E-state index contributed by atoms with van der Waals surface area (Å²) in [6.45, 7) is 8.13. The fourth-order valence-electron chi connectivity index (χ4n) is 1.93. The highest BCUT2D eigenvalue weighted by molar-refractivity contribution is 5.53. The normalized spacial score (nSPS) is 15.2. The quantitative estimate of drug-likeness (QED) is 0.774. The van der Waals surface area contributed by atoms with E-state index in [2.05, 4.69) is 19.9 Å². The van der Waals surface area contributed by atoms with Gasteiger partial charge in [0.25, 0.3) is 0 Å². The SMILES string of the molecule is CC(C)=C[C@@H](C)[C@@H](O)/C(C)=C/c1ccccc1. The van der Waals surface area contributed by atoms with Crippen LogP contribution in [0.25, 0.3) is 6.08 Å². The largest absolute Gasteiger partial charge is 0.388 e. The predicted molar refractivity (Wildman–Crippen MR) is 74.7 cm³/mol. The van der Waals surface area contributed by atoms with Gasteiger partial charge < -0.3 is 5.11 Å². The maximum absolute atomic E-state index is 10.2. The second-order valence-electron chi connectivity index (χ2n) is 4.85. The van der Waals surface area contributed by atoms with Crippen molar-refractivity contribution in [3.05, 3.63) is 53.1 Å². The van der Waals surface area contributed by atoms with Crippen molar-refractivity contribution < 1.29 is 5.11 Å². The molecule has 0 radical (unpaired) electrons. The van der Waals surface area contributed by atoms with E-state index >= 15 is 0 Å². The number of hydrogen-bond donors (Lipinski definition) is 1. The van der Waals surface area contributed by atoms with Crippen molar-refractivity contribution >= 4 is 6.08 Å². The summed E-state index contributed by atoms with van der Waals surface area (Å²) >= 11 is 0. The zero-order valence-electron chi connectivity index (χ0n) is 11.1. The predicted octanol–water partition coefficient (Wildman–Crippen LogP) is 4.05. The Labute approximate surface area is 104 Å². The van der Waals surface area contributed by atoms with Crippen molar-refractivity contribution in [3.63, 3.8) is 0 Å². The molecule has 0 amide bonds. The topological polar surface area (TPSA) is 20.2 Å². The van der Waals surface area contributed by atoms with Crippen molar-refractivity contribution in [2.24, 2.45) is 5.92 Å². The lowest BCUT2D eigenvalue weighted by atomic mass is 9.95. The second-order valence-corrected chi connectivity index (χ2v) is 4.85. The minimum absolute atomic E-state index is 0.153. The molecule has 0 bridgehead atoms. The molecule has 1 N–H and O–H groups in total. The van der Waals surface area contributed by atoms with Gasteiger partial charge in [-0.3, -0.25) is 0 Å². The lowest BCUT2D eigenvalue weighted by molar-refractivity contribution is 0.174. The van der Waals surface area contributed by atoms with Gasteiger partial charge in [0.15, 0.2) is 0 Å². The Bertz CT molecular complexity index is 397. The molecule has 2 atom stereocenters. The molecular weight excluding hydrogens is 208 g/mol. The average molecular weight is 230 g/mol. The van der Waals surface area contributed by atoms with E-state index in [9.17, 15) is 5.11 Å². The maximum atomic E-state index is 10.2. The zero-order chi connectivity index (χ0) is 12.8. The first-order valence-electron chi connectivity index (χ1n) is 6.07. The molecule has 0 unspecified atom stereocenters. The molecule has 0 aliphatic heterocycles. The molecule has 0 fully saturated rings. The summed E-state index contributed by atoms with van der Waals surface area (Å²) in [5.74, 6) is 0.153. The van der Waals surface area contributed by atoms with Crippen LogP contribution in [0.4, 0.5) is 0 Å². The molecule has 17 heavy (non-hydrogen) atoms. The van der Waals surface area contributed by atoms with Gasteiger partial charge in [-0.1, -0.05) is 55.0 Å². The first-order chi connectivity index (χ1) is 8.00. The van der Waals surface area contributed by atoms with E-state index in [1.165, 1.54) is 5.57 Å². The lowest BCUT2D eigenvalue weighted by Crippen LogP contribution is -2.17. The van der Waals surface area contributed by atoms with E-state index in [4.69, 9.17) is 0 Å². The van der Waals surface area contributed by atoms with Crippen LogP contribution >= 0.6 is 0 Å². The number of rotatable bonds is 4. The van der Waals surface area contributed by atoms with Crippen LogP contribution in [-0.2, 0) is 0 Å². The first-order valence-corrected chi connectivity index (χ1v) is 6.07. The number of aliphatic hydroxyl groups excluding tert-OH is 1. The van der Waals surface area contributed by atoms with Gasteiger partial charge in [0.2, 0.25) is 0 Å². The minimum atomic E-state index is -0.412. The Balaban J connectivity index is 2.79. The molecule has 0 spiro atoms. The van der Waals surface area contributed by atoms with Crippen LogP contribution in [0.3, 0.4) is 0 Å². The highest BCUT2D eigenvalue weighted by Crippen LogP contribution is 2.17. The molecule has 0 saturated carbocycles. The van der Waals surface area contributed by atoms with Gasteiger partial charge >= 0.3 is 0 Å². The molecule has 0 aliphatic carbocycles. The number of hydrogen-bond acceptors (Lipinski definition) is 1. The molecule has 0 aliphatic rings. The minimum Gasteiger partial charge on any atom is -0.388 e. The van der Waals surface area contributed by atoms with Crippen molar-refractivity contribution in [1.29, 1.82) is 0 Å². The van der Waals surface area contributed by atoms with Crippen molar-refractivity contribution in [2.45, 2.75) is 33.8 Å². The molecule has 0 aromatic heterocycles. The Morgan fingerprint density at radius 1 is 1.12 bits per heavy atom. The molecule has 1 nitrogen and oxygen atoms in total. The fraction of sp³-hybridized carbons (Fsp3) is 0.375. The van der Waals surface area contributed by atoms with Crippen LogP contribution in [0.1, 0.15) is 33.3 Å². The average Bonchev–Trinajstić information content (AvgIpc) is 2.28. The van der Waals surface area contributed by atoms with Crippen LogP contribution in [0.15, 0.2) is 47.6 Å². The molecule has 1 aromatic carbocycles. The second kappa shape index (κ2) is 6.41. The molecular formula is C16H22O. The summed E-state index contributed by atoms with van der Waals surface area (Å²) in [5, 5.41) is 10.2. The summed E-state index contributed by atoms with van der Waals surface area (Å²) in [5.41, 5.74) is 3.37. The molecule has 92 valence electrons. The van der Waals surface area contributed by atoms with Crippen LogP contribution in [0, 0.1) is 5.92 Å². The molecule has 0 heterocycles. The molecule has 0 saturated heterocycles. The summed E-state index contributed by atoms with van der Waals surface area (Å²) in [4.78, 5) is 0. The van der Waals surface area contributed by atoms with E-state index in [1.807, 2.05) is 50.3 Å². The summed E-state index contributed by atoms with van der Waals surface area (Å²) in [7, 11) is 0. The summed E-state index contributed by atoms with van der Waals surface area (Å²) < 4.78 is 0. The lowest BCUT2D eigenvalue weighted by Gasteiger charge is -2.17. The number of aliphatic hydroxyl groups is 1. The van der Waals surface area contributed by atoms with Crippen molar-refractivity contribution in [3.8, 4) is 0 Å². The smallest absolute Gasteiger partial charge is 0.0810 e. The third-order valence-electron chi connectivity index (χ3n) is 2.75. The Hall–Kier alpha value is -1.34. The van der Waals surface area contributed by atoms with Crippen LogP contribution in [0.2, 0.25) is 0 Å². The fourth-order valence-corrected chi connectivity index (χ4v) is 1.93. The highest BCUT2D eigenvalue weighted by Gasteiger charge is 2.13. The van der Waals surface area contributed by atoms with E-state index in [-0.39, 0.29) is 5.92 Å². The third-order valence-corrected chi connectivity index (χ3v) is 2.75. The molecule has 1 rings (SSSR count). The number of benzene rings is 1. The maximum Gasteiger partial charge on any atom is 0.0810 e. The van der Waals surface area contributed by atoms with E-state index < -0.39 is 6.10 Å². The third kappa shape index (κ3) is 4.58. The van der Waals surface area contributed by atoms with Crippen LogP contribution in [-0.4, -0.2) is 11.2 Å². The van der Waals surface area contributed by atoms with E-state index in [0.29, 0.717) is 0 Å². The van der Waals surface area contributed by atoms with Gasteiger partial charge in [0.1, 0.15) is 0 Å². The van der Waals surface area contributed by atoms with Crippen LogP contribution < -0.4 is 0 Å². The Kier molecular flexibility index (Phi) is 5.17. The van der Waals surface area contributed by atoms with E-state index in [1.54, 1.807) is 0 Å². The van der Waals surface area contributed by atoms with Gasteiger partial charge in [-0.25, -0.2) is 0 Å². The number of allylic oxidation sites excluding steroid dienone is 1. The summed E-state index contributed by atoms with van der Waals surface area (Å²) in [6, 6.07) is 10.1. The summed E-state index contributed by atoms with van der Waals surface area (Å²) in [6.07, 6.45) is 3.73. The monoisotopic (exact) mass is 230 g/mol. The van der Waals surface area contributed by atoms with Gasteiger partial charge in [0.05, 0.1) is 6.10 Å². The van der Waals surface area contributed by atoms with Crippen molar-refractivity contribution in [2.75, 3.05) is 0 Å². The van der Waals surface area contributed by atoms with Gasteiger partial charge in [-0.2, -0.15) is 0 Å². The standard InChI is InChI=1S/C16H22O/c1-12(2)10-13(3)16(17)14(4)11-15-8-6-5-7-9-15/h5-11,13,16-17H,1-4H3/b14-11+/t13-,16-/m1/s1. The van der Waals surface area contributed by atoms with Gasteiger partial charge in [0, 0.05) is 5.92 Å². The van der Waals surface area contributed by atoms with Crippen molar-refractivity contribution in [1.82, 2.24) is 0 Å². The molecule has 1 aromatic rings. The van der Waals surface area contributed by atoms with Gasteiger partial charge in [-0.05, 0) is 31.9 Å². The van der Waals surface area contributed by atoms with E-state index in [0.717, 1.165) is 11.1 Å². The first kappa shape index (κ1) is 13.7. The highest BCUT2D eigenvalue weighted by atomic mass is 16.3. The van der Waals surface area contributed by atoms with Gasteiger partial charge in [-0.15, -0.1) is 0 Å². The molecule has 1 heteroatoms. The zero-order valence-corrected chi connectivity index (χ0v) is 11.1. The Morgan fingerprint density at radius 3 is 2.24 bits per heavy atom.